The Morgan fingerprint density at radius 3 is 2.50 bits per heavy atom. The van der Waals surface area contributed by atoms with Crippen LogP contribution >= 0.6 is 0 Å². The van der Waals surface area contributed by atoms with Gasteiger partial charge in [0.1, 0.15) is 0 Å². The smallest absolute Gasteiger partial charge is 0.427 e. The van der Waals surface area contributed by atoms with Gasteiger partial charge in [-0.25, -0.2) is 4.79 Å². The molecule has 0 aliphatic heterocycles. The first-order valence-corrected chi connectivity index (χ1v) is 8.58. The molecule has 1 N–H and O–H groups in total. The average Bonchev–Trinajstić information content (AvgIpc) is 3.02. The number of Topliss-reactive ketones (excluding diaryl/α,β-unsaturated/α-hetero) is 1. The van der Waals surface area contributed by atoms with Gasteiger partial charge in [0.25, 0.3) is 5.69 Å². The van der Waals surface area contributed by atoms with E-state index in [1.807, 2.05) is 31.2 Å². The molecule has 0 saturated heterocycles. The van der Waals surface area contributed by atoms with E-state index in [4.69, 9.17) is 0 Å². The molecule has 142 valence electrons. The summed E-state index contributed by atoms with van der Waals surface area (Å²) in [5.74, 6) is -0.988. The van der Waals surface area contributed by atoms with Crippen molar-refractivity contribution >= 4 is 17.9 Å². The fraction of sp³-hybridized carbons (Fsp3) is 0.150. The summed E-state index contributed by atoms with van der Waals surface area (Å²) in [5, 5.41) is 18.9. The Hall–Kier alpha value is -3.81. The van der Waals surface area contributed by atoms with Gasteiger partial charge in [-0.3, -0.25) is 9.79 Å². The van der Waals surface area contributed by atoms with Crippen LogP contribution in [0, 0.1) is 6.92 Å². The highest BCUT2D eigenvalue weighted by atomic mass is 16.3. The number of carbonyl (C=O) groups is 1. The fourth-order valence-corrected chi connectivity index (χ4v) is 2.57. The second kappa shape index (κ2) is 8.26. The highest BCUT2D eigenvalue weighted by molar-refractivity contribution is 5.95. The van der Waals surface area contributed by atoms with Crippen molar-refractivity contribution in [2.75, 3.05) is 7.05 Å². The Labute approximate surface area is 161 Å². The summed E-state index contributed by atoms with van der Waals surface area (Å²) in [6, 6.07) is 16.2. The topological polar surface area (TPSA) is 107 Å². The minimum absolute atomic E-state index is 0.219. The lowest BCUT2D eigenvalue weighted by Crippen LogP contribution is -2.48. The summed E-state index contributed by atoms with van der Waals surface area (Å²) in [5.41, 5.74) is 1.42. The number of carbonyl (C=O) groups excluding carboxylic acids is 1. The Morgan fingerprint density at radius 2 is 1.86 bits per heavy atom. The van der Waals surface area contributed by atoms with Crippen LogP contribution in [0.15, 0.2) is 69.5 Å². The maximum Gasteiger partial charge on any atom is 0.427 e. The maximum atomic E-state index is 12.6. The summed E-state index contributed by atoms with van der Waals surface area (Å²) in [6.45, 7) is 1.75. The first kappa shape index (κ1) is 19.0. The molecule has 8 heteroatoms. The van der Waals surface area contributed by atoms with Crippen molar-refractivity contribution in [3.8, 4) is 0 Å². The van der Waals surface area contributed by atoms with Gasteiger partial charge in [-0.15, -0.1) is 4.68 Å². The van der Waals surface area contributed by atoms with E-state index in [1.54, 1.807) is 30.3 Å². The second-order valence-electron chi connectivity index (χ2n) is 6.12. The minimum atomic E-state index is -0.730. The first-order valence-electron chi connectivity index (χ1n) is 8.58. The Kier molecular flexibility index (Phi) is 5.59. The molecule has 28 heavy (non-hydrogen) atoms. The number of aromatic nitrogens is 3. The van der Waals surface area contributed by atoms with Gasteiger partial charge < -0.3 is 5.11 Å². The molecule has 0 atom stereocenters. The molecule has 0 saturated carbocycles. The van der Waals surface area contributed by atoms with E-state index in [-0.39, 0.29) is 18.0 Å². The van der Waals surface area contributed by atoms with Crippen molar-refractivity contribution in [1.82, 2.24) is 10.0 Å². The second-order valence-corrected chi connectivity index (χ2v) is 6.12. The van der Waals surface area contributed by atoms with Gasteiger partial charge in [-0.2, -0.15) is 0 Å². The molecule has 0 aliphatic rings. The minimum Gasteiger partial charge on any atom is -0.856 e. The molecule has 0 bridgehead atoms. The number of H-pyrrole nitrogens is 1. The van der Waals surface area contributed by atoms with Gasteiger partial charge in [0, 0.05) is 23.3 Å². The molecule has 3 rings (SSSR count). The molecule has 0 radical (unpaired) electrons. The molecule has 0 amide bonds. The zero-order chi connectivity index (χ0) is 20.1. The number of aryl methyl sites for hydroxylation is 1. The van der Waals surface area contributed by atoms with Crippen LogP contribution in [-0.2, 0) is 6.54 Å². The zero-order valence-corrected chi connectivity index (χ0v) is 15.5. The zero-order valence-electron chi connectivity index (χ0n) is 15.5. The number of nitrogens with one attached hydrogen (secondary N) is 1. The van der Waals surface area contributed by atoms with Crippen molar-refractivity contribution in [3.05, 3.63) is 87.3 Å². The lowest BCUT2D eigenvalue weighted by molar-refractivity contribution is -0.745. The van der Waals surface area contributed by atoms with Gasteiger partial charge in [0.2, 0.25) is 5.78 Å². The van der Waals surface area contributed by atoms with E-state index in [0.717, 1.165) is 15.9 Å². The number of aromatic amines is 1. The SMILES string of the molecule is CN=C([O-])c1c(=O)n(N=Cc2ccc(C)cc2)[nH][n+]1CC(=O)c1ccccc1. The Morgan fingerprint density at radius 1 is 1.18 bits per heavy atom. The normalized spacial score (nSPS) is 11.9. The molecule has 2 aromatic carbocycles. The largest absolute Gasteiger partial charge is 0.856 e. The van der Waals surface area contributed by atoms with Crippen molar-refractivity contribution in [2.45, 2.75) is 13.5 Å². The number of nitrogens with zero attached hydrogens (tertiary/aromatic N) is 4. The van der Waals surface area contributed by atoms with E-state index in [1.165, 1.54) is 17.9 Å². The Balaban J connectivity index is 1.95. The molecule has 0 fully saturated rings. The predicted molar refractivity (Wildman–Crippen MR) is 103 cm³/mol. The van der Waals surface area contributed by atoms with Gasteiger partial charge >= 0.3 is 5.56 Å². The van der Waals surface area contributed by atoms with Crippen LogP contribution in [0.2, 0.25) is 0 Å². The summed E-state index contributed by atoms with van der Waals surface area (Å²) < 4.78 is 1.17. The van der Waals surface area contributed by atoms with Crippen molar-refractivity contribution in [2.24, 2.45) is 10.1 Å². The first-order chi connectivity index (χ1) is 13.5. The molecule has 0 aliphatic carbocycles. The van der Waals surface area contributed by atoms with Crippen molar-refractivity contribution in [3.63, 3.8) is 0 Å². The third-order valence-electron chi connectivity index (χ3n) is 4.08. The quantitative estimate of drug-likeness (QED) is 0.288. The van der Waals surface area contributed by atoms with Gasteiger partial charge in [-0.05, 0) is 12.5 Å². The monoisotopic (exact) mass is 377 g/mol. The van der Waals surface area contributed by atoms with Crippen LogP contribution in [0.3, 0.4) is 0 Å². The molecule has 0 unspecified atom stereocenters. The molecule has 0 spiro atoms. The molecular weight excluding hydrogens is 358 g/mol. The fourth-order valence-electron chi connectivity index (χ4n) is 2.57. The van der Waals surface area contributed by atoms with Crippen LogP contribution in [0.5, 0.6) is 0 Å². The van der Waals surface area contributed by atoms with Crippen molar-refractivity contribution < 1.29 is 14.6 Å². The number of rotatable bonds is 6. The van der Waals surface area contributed by atoms with Crippen LogP contribution in [0.4, 0.5) is 0 Å². The number of aliphatic imine (C=N–C) groups is 1. The number of benzene rings is 2. The van der Waals surface area contributed by atoms with E-state index >= 15 is 0 Å². The van der Waals surface area contributed by atoms with Crippen LogP contribution in [-0.4, -0.2) is 34.9 Å². The molecule has 8 nitrogen and oxygen atoms in total. The average molecular weight is 377 g/mol. The highest BCUT2D eigenvalue weighted by Crippen LogP contribution is 2.01. The van der Waals surface area contributed by atoms with E-state index < -0.39 is 11.5 Å². The van der Waals surface area contributed by atoms with Gasteiger partial charge in [0.05, 0.1) is 6.21 Å². The van der Waals surface area contributed by atoms with Gasteiger partial charge in [-0.1, -0.05) is 70.5 Å². The summed E-state index contributed by atoms with van der Waals surface area (Å²) in [7, 11) is 1.29. The highest BCUT2D eigenvalue weighted by Gasteiger charge is 2.24. The Bertz CT molecular complexity index is 1090. The number of ketones is 1. The third kappa shape index (κ3) is 4.12. The number of hydrogen-bond donors (Lipinski definition) is 1. The van der Waals surface area contributed by atoms with Crippen LogP contribution in [0.25, 0.3) is 0 Å². The molecule has 1 heterocycles. The van der Waals surface area contributed by atoms with Crippen LogP contribution in [0.1, 0.15) is 27.2 Å². The summed E-state index contributed by atoms with van der Waals surface area (Å²) in [6.07, 6.45) is 1.48. The maximum absolute atomic E-state index is 12.6. The van der Waals surface area contributed by atoms with Gasteiger partial charge in [0.15, 0.2) is 6.54 Å². The molecule has 3 aromatic rings. The predicted octanol–water partition coefficient (Wildman–Crippen LogP) is 0.274. The standard InChI is InChI=1S/C20H19N5O3/c1-14-8-10-15(11-9-14)12-22-25-20(28)18(19(27)21-2)24(23-25)13-17(26)16-6-4-3-5-7-16/h3-12H,13H2,1-2H3,(H-,21,23,27,28). The lowest BCUT2D eigenvalue weighted by Gasteiger charge is -2.05. The van der Waals surface area contributed by atoms with E-state index in [0.29, 0.717) is 5.56 Å². The van der Waals surface area contributed by atoms with E-state index in [9.17, 15) is 14.7 Å². The molecule has 1 aromatic heterocycles. The van der Waals surface area contributed by atoms with Crippen molar-refractivity contribution in [1.29, 1.82) is 0 Å². The molecular formula is C20H19N5O3. The third-order valence-corrected chi connectivity index (χ3v) is 4.08. The summed E-state index contributed by atoms with van der Waals surface area (Å²) in [4.78, 5) is 29.5. The lowest BCUT2D eigenvalue weighted by atomic mass is 10.1. The summed E-state index contributed by atoms with van der Waals surface area (Å²) >= 11 is 0. The van der Waals surface area contributed by atoms with E-state index in [2.05, 4.69) is 15.3 Å². The van der Waals surface area contributed by atoms with Crippen LogP contribution < -0.4 is 15.3 Å². The number of hydrogen-bond acceptors (Lipinski definition) is 5.